The first-order valence-electron chi connectivity index (χ1n) is 5.20. The summed E-state index contributed by atoms with van der Waals surface area (Å²) in [5, 5.41) is 2.69. The molecule has 0 aliphatic heterocycles. The highest BCUT2D eigenvalue weighted by atomic mass is 16.2. The Bertz CT molecular complexity index is 588. The molecular formula is C11H12N4O2. The normalized spacial score (nSPS) is 10.4. The van der Waals surface area contributed by atoms with Crippen molar-refractivity contribution in [2.24, 2.45) is 5.73 Å². The van der Waals surface area contributed by atoms with Gasteiger partial charge in [0.25, 0.3) is 11.8 Å². The number of amides is 2. The van der Waals surface area contributed by atoms with Gasteiger partial charge in [-0.15, -0.1) is 0 Å². The van der Waals surface area contributed by atoms with Gasteiger partial charge in [-0.05, 0) is 19.1 Å². The minimum atomic E-state index is -0.650. The highest BCUT2D eigenvalue weighted by molar-refractivity contribution is 6.06. The van der Waals surface area contributed by atoms with E-state index in [1.807, 2.05) is 6.92 Å². The molecule has 6 nitrogen and oxygen atoms in total. The molecule has 2 rings (SSSR count). The topological polar surface area (TPSA) is 101 Å². The van der Waals surface area contributed by atoms with Crippen LogP contribution in [0.1, 0.15) is 27.9 Å². The average molecular weight is 232 g/mol. The molecule has 2 aromatic rings. The van der Waals surface area contributed by atoms with E-state index in [9.17, 15) is 9.59 Å². The minimum Gasteiger partial charge on any atom is -0.363 e. The summed E-state index contributed by atoms with van der Waals surface area (Å²) in [5.74, 6) is -0.808. The number of nitrogens with zero attached hydrogens (tertiary/aromatic N) is 1. The van der Waals surface area contributed by atoms with Crippen LogP contribution < -0.4 is 11.1 Å². The Balaban J connectivity index is 2.56. The van der Waals surface area contributed by atoms with Crippen molar-refractivity contribution < 1.29 is 9.59 Å². The zero-order chi connectivity index (χ0) is 12.4. The number of hydrogen-bond acceptors (Lipinski definition) is 3. The first kappa shape index (κ1) is 11.1. The van der Waals surface area contributed by atoms with Gasteiger partial charge in [0, 0.05) is 6.54 Å². The number of para-hydroxylation sites is 1. The van der Waals surface area contributed by atoms with Crippen molar-refractivity contribution in [1.29, 1.82) is 0 Å². The van der Waals surface area contributed by atoms with Gasteiger partial charge in [-0.25, -0.2) is 4.98 Å². The molecule has 88 valence electrons. The van der Waals surface area contributed by atoms with E-state index in [0.717, 1.165) is 0 Å². The molecule has 17 heavy (non-hydrogen) atoms. The summed E-state index contributed by atoms with van der Waals surface area (Å²) >= 11 is 0. The lowest BCUT2D eigenvalue weighted by Crippen LogP contribution is -2.22. The molecular weight excluding hydrogens is 220 g/mol. The fraction of sp³-hybridized carbons (Fsp3) is 0.182. The smallest absolute Gasteiger partial charge is 0.284 e. The van der Waals surface area contributed by atoms with Crippen LogP contribution in [0.15, 0.2) is 18.2 Å². The Morgan fingerprint density at radius 1 is 1.47 bits per heavy atom. The standard InChI is InChI=1S/C11H12N4O2/c1-2-13-11(17)6-4-3-5-7-8(6)15-10(14-7)9(12)16/h3-5H,2H2,1H3,(H2,12,16)(H,13,17)(H,14,15). The first-order valence-corrected chi connectivity index (χ1v) is 5.20. The van der Waals surface area contributed by atoms with E-state index in [2.05, 4.69) is 15.3 Å². The van der Waals surface area contributed by atoms with Crippen LogP contribution in [0.25, 0.3) is 11.0 Å². The number of imidazole rings is 1. The van der Waals surface area contributed by atoms with Crippen LogP contribution in [-0.2, 0) is 0 Å². The van der Waals surface area contributed by atoms with E-state index in [4.69, 9.17) is 5.73 Å². The second-order valence-corrected chi connectivity index (χ2v) is 3.51. The van der Waals surface area contributed by atoms with Gasteiger partial charge in [-0.2, -0.15) is 0 Å². The van der Waals surface area contributed by atoms with Crippen molar-refractivity contribution in [3.63, 3.8) is 0 Å². The van der Waals surface area contributed by atoms with Gasteiger partial charge in [-0.1, -0.05) is 6.07 Å². The third-order valence-electron chi connectivity index (χ3n) is 2.33. The number of aromatic nitrogens is 2. The van der Waals surface area contributed by atoms with Crippen molar-refractivity contribution in [1.82, 2.24) is 15.3 Å². The minimum absolute atomic E-state index is 0.0525. The van der Waals surface area contributed by atoms with Crippen molar-refractivity contribution in [2.75, 3.05) is 6.54 Å². The predicted molar refractivity (Wildman–Crippen MR) is 62.6 cm³/mol. The number of rotatable bonds is 3. The summed E-state index contributed by atoms with van der Waals surface area (Å²) in [6.07, 6.45) is 0. The Labute approximate surface area is 97.2 Å². The molecule has 1 heterocycles. The zero-order valence-electron chi connectivity index (χ0n) is 9.28. The fourth-order valence-corrected chi connectivity index (χ4v) is 1.59. The third-order valence-corrected chi connectivity index (χ3v) is 2.33. The maximum atomic E-state index is 11.8. The number of fused-ring (bicyclic) bond motifs is 1. The summed E-state index contributed by atoms with van der Waals surface area (Å²) in [4.78, 5) is 29.5. The highest BCUT2D eigenvalue weighted by Crippen LogP contribution is 2.16. The third kappa shape index (κ3) is 1.96. The van der Waals surface area contributed by atoms with E-state index in [-0.39, 0.29) is 11.7 Å². The molecule has 0 saturated heterocycles. The molecule has 0 aliphatic rings. The lowest BCUT2D eigenvalue weighted by molar-refractivity contribution is 0.0954. The maximum Gasteiger partial charge on any atom is 0.284 e. The average Bonchev–Trinajstić information content (AvgIpc) is 2.72. The van der Waals surface area contributed by atoms with Crippen LogP contribution in [0, 0.1) is 0 Å². The van der Waals surface area contributed by atoms with Crippen LogP contribution >= 0.6 is 0 Å². The second-order valence-electron chi connectivity index (χ2n) is 3.51. The van der Waals surface area contributed by atoms with E-state index < -0.39 is 5.91 Å². The molecule has 1 aromatic carbocycles. The van der Waals surface area contributed by atoms with E-state index >= 15 is 0 Å². The van der Waals surface area contributed by atoms with Crippen LogP contribution in [0.3, 0.4) is 0 Å². The number of carbonyl (C=O) groups is 2. The van der Waals surface area contributed by atoms with Crippen LogP contribution in [0.5, 0.6) is 0 Å². The Morgan fingerprint density at radius 3 is 2.88 bits per heavy atom. The molecule has 4 N–H and O–H groups in total. The summed E-state index contributed by atoms with van der Waals surface area (Å²) < 4.78 is 0. The maximum absolute atomic E-state index is 11.8. The van der Waals surface area contributed by atoms with E-state index in [0.29, 0.717) is 23.1 Å². The largest absolute Gasteiger partial charge is 0.363 e. The Kier molecular flexibility index (Phi) is 2.78. The Hall–Kier alpha value is -2.37. The summed E-state index contributed by atoms with van der Waals surface area (Å²) in [6, 6.07) is 5.08. The highest BCUT2D eigenvalue weighted by Gasteiger charge is 2.14. The van der Waals surface area contributed by atoms with Gasteiger partial charge >= 0.3 is 0 Å². The fourth-order valence-electron chi connectivity index (χ4n) is 1.59. The van der Waals surface area contributed by atoms with Gasteiger partial charge < -0.3 is 16.0 Å². The number of hydrogen-bond donors (Lipinski definition) is 3. The molecule has 0 spiro atoms. The lowest BCUT2D eigenvalue weighted by Gasteiger charge is -2.02. The molecule has 0 bridgehead atoms. The zero-order valence-corrected chi connectivity index (χ0v) is 9.28. The lowest BCUT2D eigenvalue weighted by atomic mass is 10.1. The van der Waals surface area contributed by atoms with E-state index in [1.165, 1.54) is 0 Å². The quantitative estimate of drug-likeness (QED) is 0.714. The summed E-state index contributed by atoms with van der Waals surface area (Å²) in [6.45, 7) is 2.37. The monoisotopic (exact) mass is 232 g/mol. The van der Waals surface area contributed by atoms with Crippen LogP contribution in [0.2, 0.25) is 0 Å². The summed E-state index contributed by atoms with van der Waals surface area (Å²) in [5.41, 5.74) is 6.64. The number of H-pyrrole nitrogens is 1. The molecule has 0 unspecified atom stereocenters. The Morgan fingerprint density at radius 2 is 2.24 bits per heavy atom. The molecule has 2 amide bonds. The van der Waals surface area contributed by atoms with Crippen molar-refractivity contribution in [2.45, 2.75) is 6.92 Å². The molecule has 0 aliphatic carbocycles. The number of primary amides is 1. The number of carbonyl (C=O) groups excluding carboxylic acids is 2. The molecule has 0 saturated carbocycles. The molecule has 0 atom stereocenters. The van der Waals surface area contributed by atoms with Gasteiger partial charge in [0.15, 0.2) is 5.82 Å². The van der Waals surface area contributed by atoms with Crippen molar-refractivity contribution in [3.8, 4) is 0 Å². The number of nitrogens with one attached hydrogen (secondary N) is 2. The number of aromatic amines is 1. The molecule has 0 radical (unpaired) electrons. The molecule has 6 heteroatoms. The van der Waals surface area contributed by atoms with Crippen LogP contribution in [0.4, 0.5) is 0 Å². The van der Waals surface area contributed by atoms with Gasteiger partial charge in [0.05, 0.1) is 16.6 Å². The summed E-state index contributed by atoms with van der Waals surface area (Å²) in [7, 11) is 0. The van der Waals surface area contributed by atoms with Crippen LogP contribution in [-0.4, -0.2) is 28.3 Å². The number of nitrogens with two attached hydrogens (primary N) is 1. The molecule has 0 fully saturated rings. The van der Waals surface area contributed by atoms with Crippen molar-refractivity contribution >= 4 is 22.8 Å². The SMILES string of the molecule is CCNC(=O)c1cccc2nc(C(N)=O)[nH]c12. The van der Waals surface area contributed by atoms with E-state index in [1.54, 1.807) is 18.2 Å². The van der Waals surface area contributed by atoms with Gasteiger partial charge in [-0.3, -0.25) is 9.59 Å². The van der Waals surface area contributed by atoms with Gasteiger partial charge in [0.1, 0.15) is 0 Å². The predicted octanol–water partition coefficient (Wildman–Crippen LogP) is 0.411. The second kappa shape index (κ2) is 4.25. The van der Waals surface area contributed by atoms with Crippen molar-refractivity contribution in [3.05, 3.63) is 29.6 Å². The molecule has 1 aromatic heterocycles. The first-order chi connectivity index (χ1) is 8.13. The number of benzene rings is 1. The van der Waals surface area contributed by atoms with Gasteiger partial charge in [0.2, 0.25) is 0 Å².